The summed E-state index contributed by atoms with van der Waals surface area (Å²) in [6, 6.07) is 0.254. The van der Waals surface area contributed by atoms with Gasteiger partial charge in [-0.2, -0.15) is 0 Å². The van der Waals surface area contributed by atoms with Gasteiger partial charge in [-0.1, -0.05) is 18.2 Å². The number of carbonyl (C=O) groups is 1. The topological polar surface area (TPSA) is 51.2 Å². The summed E-state index contributed by atoms with van der Waals surface area (Å²) in [5.41, 5.74) is -0.589. The molecular formula is C14H24N2O2S2. The molecule has 6 heteroatoms. The molecule has 0 aromatic carbocycles. The van der Waals surface area contributed by atoms with Gasteiger partial charge in [-0.3, -0.25) is 10.1 Å². The van der Waals surface area contributed by atoms with Crippen LogP contribution in [-0.2, 0) is 9.53 Å². The number of hydrogen-bond donors (Lipinski definition) is 1. The fourth-order valence-electron chi connectivity index (χ4n) is 2.12. The maximum Gasteiger partial charge on any atom is 0.325 e. The van der Waals surface area contributed by atoms with Crippen LogP contribution in [0, 0.1) is 0 Å². The fraction of sp³-hybridized carbons (Fsp3) is 0.714. The first-order valence-corrected chi connectivity index (χ1v) is 8.73. The number of rotatable bonds is 9. The molecule has 0 saturated carbocycles. The molecule has 0 fully saturated rings. The summed E-state index contributed by atoms with van der Waals surface area (Å²) in [5.74, 6) is 0.852. The molecule has 0 spiro atoms. The van der Waals surface area contributed by atoms with Crippen LogP contribution in [0.25, 0.3) is 0 Å². The van der Waals surface area contributed by atoms with Gasteiger partial charge in [0, 0.05) is 23.4 Å². The molecule has 0 aliphatic heterocycles. The summed E-state index contributed by atoms with van der Waals surface area (Å²) in [7, 11) is 1.45. The van der Waals surface area contributed by atoms with Crippen molar-refractivity contribution in [2.24, 2.45) is 0 Å². The van der Waals surface area contributed by atoms with E-state index in [4.69, 9.17) is 4.74 Å². The number of esters is 1. The first-order chi connectivity index (χ1) is 9.48. The molecule has 1 unspecified atom stereocenters. The van der Waals surface area contributed by atoms with Gasteiger partial charge in [-0.25, -0.2) is 4.98 Å². The minimum atomic E-state index is -0.589. The molecule has 0 radical (unpaired) electrons. The Morgan fingerprint density at radius 2 is 2.30 bits per heavy atom. The van der Waals surface area contributed by atoms with Gasteiger partial charge in [0.15, 0.2) is 0 Å². The lowest BCUT2D eigenvalue weighted by molar-refractivity contribution is -0.148. The number of nitrogens with zero attached hydrogens (tertiary/aromatic N) is 1. The van der Waals surface area contributed by atoms with Gasteiger partial charge in [0.1, 0.15) is 9.88 Å². The van der Waals surface area contributed by atoms with Gasteiger partial charge in [-0.15, -0.1) is 11.3 Å². The third kappa shape index (κ3) is 5.81. The van der Waals surface area contributed by atoms with Crippen molar-refractivity contribution in [3.05, 3.63) is 11.6 Å². The third-order valence-electron chi connectivity index (χ3n) is 2.95. The minimum absolute atomic E-state index is 0.182. The number of ether oxygens (including phenoxy) is 1. The maximum atomic E-state index is 11.9. The van der Waals surface area contributed by atoms with Crippen LogP contribution >= 0.6 is 23.1 Å². The lowest BCUT2D eigenvalue weighted by atomic mass is 9.94. The summed E-state index contributed by atoms with van der Waals surface area (Å²) in [5, 5.41) is 5.31. The van der Waals surface area contributed by atoms with Crippen molar-refractivity contribution in [1.82, 2.24) is 10.3 Å². The molecule has 4 nitrogen and oxygen atoms in total. The van der Waals surface area contributed by atoms with Crippen LogP contribution in [-0.4, -0.2) is 35.4 Å². The SMILES string of the molecule is COC(=O)C(C)(CCCCSc1nccs1)NC(C)C. The second kappa shape index (κ2) is 8.64. The van der Waals surface area contributed by atoms with E-state index in [0.29, 0.717) is 0 Å². The number of thioether (sulfide) groups is 1. The first-order valence-electron chi connectivity index (χ1n) is 6.86. The van der Waals surface area contributed by atoms with E-state index in [-0.39, 0.29) is 12.0 Å². The molecule has 1 atom stereocenters. The van der Waals surface area contributed by atoms with Crippen molar-refractivity contribution in [3.63, 3.8) is 0 Å². The highest BCUT2D eigenvalue weighted by Crippen LogP contribution is 2.23. The molecule has 0 bridgehead atoms. The van der Waals surface area contributed by atoms with E-state index in [2.05, 4.69) is 10.3 Å². The molecule has 20 heavy (non-hydrogen) atoms. The normalized spacial score (nSPS) is 14.2. The van der Waals surface area contributed by atoms with E-state index in [1.54, 1.807) is 23.1 Å². The quantitative estimate of drug-likeness (QED) is 0.430. The molecule has 1 rings (SSSR count). The van der Waals surface area contributed by atoms with Crippen LogP contribution in [0.15, 0.2) is 15.9 Å². The Kier molecular flexibility index (Phi) is 7.55. The van der Waals surface area contributed by atoms with E-state index in [9.17, 15) is 4.79 Å². The average Bonchev–Trinajstić information content (AvgIpc) is 2.89. The molecule has 0 saturated heterocycles. The monoisotopic (exact) mass is 316 g/mol. The van der Waals surface area contributed by atoms with Crippen molar-refractivity contribution in [3.8, 4) is 0 Å². The van der Waals surface area contributed by atoms with Gasteiger partial charge < -0.3 is 4.74 Å². The summed E-state index contributed by atoms with van der Waals surface area (Å²) in [6.45, 7) is 6.01. The zero-order valence-corrected chi connectivity index (χ0v) is 14.3. The smallest absolute Gasteiger partial charge is 0.325 e. The molecule has 1 aromatic heterocycles. The minimum Gasteiger partial charge on any atom is -0.468 e. The summed E-state index contributed by atoms with van der Waals surface area (Å²) < 4.78 is 6.03. The number of unbranched alkanes of at least 4 members (excludes halogenated alkanes) is 1. The van der Waals surface area contributed by atoms with Crippen molar-refractivity contribution in [1.29, 1.82) is 0 Å². The van der Waals surface area contributed by atoms with E-state index < -0.39 is 5.54 Å². The van der Waals surface area contributed by atoms with Crippen molar-refractivity contribution < 1.29 is 9.53 Å². The zero-order chi connectivity index (χ0) is 15.0. The average molecular weight is 316 g/mol. The van der Waals surface area contributed by atoms with Crippen LogP contribution < -0.4 is 5.32 Å². The number of hydrogen-bond acceptors (Lipinski definition) is 6. The molecule has 1 heterocycles. The summed E-state index contributed by atoms with van der Waals surface area (Å²) in [4.78, 5) is 16.2. The van der Waals surface area contributed by atoms with E-state index in [0.717, 1.165) is 29.4 Å². The van der Waals surface area contributed by atoms with Crippen LogP contribution in [0.4, 0.5) is 0 Å². The number of nitrogens with one attached hydrogen (secondary N) is 1. The third-order valence-corrected chi connectivity index (χ3v) is 5.00. The van der Waals surface area contributed by atoms with Crippen molar-refractivity contribution in [2.45, 2.75) is 56.0 Å². The Hall–Kier alpha value is -0.590. The lowest BCUT2D eigenvalue weighted by Crippen LogP contribution is -2.52. The highest BCUT2D eigenvalue weighted by Gasteiger charge is 2.33. The van der Waals surface area contributed by atoms with E-state index >= 15 is 0 Å². The summed E-state index contributed by atoms with van der Waals surface area (Å²) >= 11 is 3.45. The Morgan fingerprint density at radius 3 is 2.85 bits per heavy atom. The summed E-state index contributed by atoms with van der Waals surface area (Å²) in [6.07, 6.45) is 4.67. The van der Waals surface area contributed by atoms with Crippen molar-refractivity contribution in [2.75, 3.05) is 12.9 Å². The molecule has 0 aliphatic rings. The molecule has 114 valence electrons. The lowest BCUT2D eigenvalue weighted by Gasteiger charge is -2.30. The van der Waals surface area contributed by atoms with Crippen LogP contribution in [0.1, 0.15) is 40.0 Å². The number of methoxy groups -OCH3 is 1. The van der Waals surface area contributed by atoms with Gasteiger partial charge in [0.05, 0.1) is 7.11 Å². The molecular weight excluding hydrogens is 292 g/mol. The highest BCUT2D eigenvalue weighted by atomic mass is 32.2. The number of thiazole rings is 1. The molecule has 0 aliphatic carbocycles. The second-order valence-corrected chi connectivity index (χ2v) is 7.46. The Bertz CT molecular complexity index is 396. The van der Waals surface area contributed by atoms with E-state index in [1.165, 1.54) is 7.11 Å². The molecule has 0 amide bonds. The Balaban J connectivity index is 2.33. The van der Waals surface area contributed by atoms with Crippen LogP contribution in [0.5, 0.6) is 0 Å². The second-order valence-electron chi connectivity index (χ2n) is 5.23. The first kappa shape index (κ1) is 17.5. The number of carbonyl (C=O) groups excluding carboxylic acids is 1. The van der Waals surface area contributed by atoms with Crippen LogP contribution in [0.2, 0.25) is 0 Å². The zero-order valence-electron chi connectivity index (χ0n) is 12.6. The predicted octanol–water partition coefficient (Wildman–Crippen LogP) is 3.34. The maximum absolute atomic E-state index is 11.9. The Morgan fingerprint density at radius 1 is 1.55 bits per heavy atom. The van der Waals surface area contributed by atoms with Crippen molar-refractivity contribution >= 4 is 29.1 Å². The van der Waals surface area contributed by atoms with Gasteiger partial charge in [0.2, 0.25) is 0 Å². The molecule has 1 N–H and O–H groups in total. The van der Waals surface area contributed by atoms with E-state index in [1.807, 2.05) is 32.3 Å². The highest BCUT2D eigenvalue weighted by molar-refractivity contribution is 8.00. The number of aromatic nitrogens is 1. The predicted molar refractivity (Wildman–Crippen MR) is 85.4 cm³/mol. The van der Waals surface area contributed by atoms with Gasteiger partial charge in [0.25, 0.3) is 0 Å². The van der Waals surface area contributed by atoms with Gasteiger partial charge in [-0.05, 0) is 33.6 Å². The standard InChI is InChI=1S/C14H24N2O2S2/c1-11(2)16-14(3,12(17)18-4)7-5-6-9-19-13-15-8-10-20-13/h8,10-11,16H,5-7,9H2,1-4H3. The van der Waals surface area contributed by atoms with Gasteiger partial charge >= 0.3 is 5.97 Å². The largest absolute Gasteiger partial charge is 0.468 e. The molecule has 1 aromatic rings. The van der Waals surface area contributed by atoms with Crippen LogP contribution in [0.3, 0.4) is 0 Å². The fourth-order valence-corrected chi connectivity index (χ4v) is 3.82. The Labute approximate surface area is 129 Å².